The van der Waals surface area contributed by atoms with Crippen LogP contribution in [0.25, 0.3) is 0 Å². The minimum Gasteiger partial charge on any atom is -0.393 e. The van der Waals surface area contributed by atoms with E-state index in [0.29, 0.717) is 0 Å². The van der Waals surface area contributed by atoms with Gasteiger partial charge in [0.2, 0.25) is 8.07 Å². The van der Waals surface area contributed by atoms with E-state index in [1.165, 1.54) is 0 Å². The zero-order valence-corrected chi connectivity index (χ0v) is 23.8. The third-order valence-corrected chi connectivity index (χ3v) is 10.0. The average Bonchev–Trinajstić information content (AvgIpc) is 2.90. The lowest BCUT2D eigenvalue weighted by Crippen LogP contribution is -2.81. The van der Waals surface area contributed by atoms with E-state index in [1.54, 1.807) is 0 Å². The summed E-state index contributed by atoms with van der Waals surface area (Å²) in [4.78, 5) is 21.3. The minimum absolute atomic E-state index is 0.608. The van der Waals surface area contributed by atoms with Crippen molar-refractivity contribution in [1.29, 1.82) is 0 Å². The summed E-state index contributed by atoms with van der Waals surface area (Å²) >= 11 is 0. The van der Waals surface area contributed by atoms with Gasteiger partial charge in [-0.2, -0.15) is 87.8 Å². The van der Waals surface area contributed by atoms with Gasteiger partial charge < -0.3 is 9.47 Å². The molecular formula is C20H12F24O4Si. The van der Waals surface area contributed by atoms with Crippen molar-refractivity contribution < 1.29 is 124 Å². The average molecular weight is 800 g/mol. The number of rotatable bonds is 16. The Morgan fingerprint density at radius 1 is 0.408 bits per heavy atom. The van der Waals surface area contributed by atoms with E-state index in [0.717, 1.165) is 0 Å². The SMILES string of the molecule is C=CC(=O)OC(F)(F)C(F)(F)C(F)(F)C(F)(F)C(F)(F)C(F)(F)[Si](C)(C)C(F)(F)C(F)(F)C(F)(F)C(F)(F)C(F)(F)C(F)(F)OC(=O)C=C. The first kappa shape index (κ1) is 46.0. The highest BCUT2D eigenvalue weighted by atomic mass is 28.3. The number of hydrogen-bond donors (Lipinski definition) is 0. The number of alkyl halides is 24. The number of esters is 2. The van der Waals surface area contributed by atoms with Crippen LogP contribution in [0.2, 0.25) is 13.1 Å². The second-order valence-corrected chi connectivity index (χ2v) is 14.2. The molecule has 0 rings (SSSR count). The molecule has 0 heterocycles. The van der Waals surface area contributed by atoms with E-state index < -0.39 is 116 Å². The summed E-state index contributed by atoms with van der Waals surface area (Å²) < 4.78 is 341. The molecule has 0 spiro atoms. The highest BCUT2D eigenvalue weighted by molar-refractivity contribution is 6.82. The molecule has 0 N–H and O–H groups in total. The summed E-state index contributed by atoms with van der Waals surface area (Å²) in [5, 5.41) is 0. The Balaban J connectivity index is 7.49. The molecule has 0 fully saturated rings. The predicted molar refractivity (Wildman–Crippen MR) is 109 cm³/mol. The molecule has 0 aromatic rings. The van der Waals surface area contributed by atoms with Gasteiger partial charge in [0, 0.05) is 12.2 Å². The van der Waals surface area contributed by atoms with Crippen molar-refractivity contribution in [2.75, 3.05) is 0 Å². The summed E-state index contributed by atoms with van der Waals surface area (Å²) in [5.74, 6) is -75.9. The fraction of sp³-hybridized carbons (Fsp3) is 0.700. The number of halogens is 24. The summed E-state index contributed by atoms with van der Waals surface area (Å²) in [6, 6.07) is 0. The second kappa shape index (κ2) is 12.0. The molecule has 0 aliphatic heterocycles. The van der Waals surface area contributed by atoms with Crippen molar-refractivity contribution >= 4 is 20.0 Å². The number of hydrogen-bond acceptors (Lipinski definition) is 4. The van der Waals surface area contributed by atoms with E-state index >= 15 is 0 Å². The van der Waals surface area contributed by atoms with E-state index in [1.807, 2.05) is 0 Å². The Kier molecular flexibility index (Phi) is 11.3. The molecule has 29 heteroatoms. The molecule has 0 amide bonds. The molecule has 4 nitrogen and oxygen atoms in total. The molecule has 0 unspecified atom stereocenters. The summed E-state index contributed by atoms with van der Waals surface area (Å²) in [6.07, 6.45) is -16.1. The maximum Gasteiger partial charge on any atom is 0.473 e. The number of carbonyl (C=O) groups excluding carboxylic acids is 2. The molecular weight excluding hydrogens is 788 g/mol. The Morgan fingerprint density at radius 2 is 0.592 bits per heavy atom. The van der Waals surface area contributed by atoms with Crippen molar-refractivity contribution in [3.8, 4) is 0 Å². The largest absolute Gasteiger partial charge is 0.473 e. The molecule has 0 aromatic heterocycles. The van der Waals surface area contributed by atoms with Crippen LogP contribution in [-0.4, -0.2) is 90.7 Å². The van der Waals surface area contributed by atoms with Gasteiger partial charge in [0.15, 0.2) is 0 Å². The third kappa shape index (κ3) is 5.86. The molecule has 0 atom stereocenters. The fourth-order valence-corrected chi connectivity index (χ4v) is 5.27. The monoisotopic (exact) mass is 800 g/mol. The van der Waals surface area contributed by atoms with Gasteiger partial charge in [-0.25, -0.2) is 27.2 Å². The first-order valence-corrected chi connectivity index (χ1v) is 14.2. The lowest BCUT2D eigenvalue weighted by atomic mass is 9.97. The maximum atomic E-state index is 14.7. The van der Waals surface area contributed by atoms with Crippen LogP contribution >= 0.6 is 0 Å². The van der Waals surface area contributed by atoms with Crippen LogP contribution in [0, 0.1) is 0 Å². The molecule has 0 saturated carbocycles. The van der Waals surface area contributed by atoms with Crippen LogP contribution in [0.4, 0.5) is 105 Å². The highest BCUT2D eigenvalue weighted by Gasteiger charge is 2.98. The zero-order valence-electron chi connectivity index (χ0n) is 22.8. The van der Waals surface area contributed by atoms with E-state index in [4.69, 9.17) is 0 Å². The van der Waals surface area contributed by atoms with Gasteiger partial charge in [-0.3, -0.25) is 0 Å². The highest BCUT2D eigenvalue weighted by Crippen LogP contribution is 2.66. The van der Waals surface area contributed by atoms with E-state index in [-0.39, 0.29) is 0 Å². The molecule has 49 heavy (non-hydrogen) atoms. The van der Waals surface area contributed by atoms with E-state index in [2.05, 4.69) is 22.6 Å². The van der Waals surface area contributed by atoms with Gasteiger partial charge in [0.05, 0.1) is 0 Å². The van der Waals surface area contributed by atoms with Crippen LogP contribution in [0.15, 0.2) is 25.3 Å². The Morgan fingerprint density at radius 3 is 0.776 bits per heavy atom. The molecule has 288 valence electrons. The van der Waals surface area contributed by atoms with E-state index in [9.17, 15) is 115 Å². The smallest absolute Gasteiger partial charge is 0.393 e. The molecule has 0 saturated heterocycles. The second-order valence-electron chi connectivity index (χ2n) is 9.65. The lowest BCUT2D eigenvalue weighted by Gasteiger charge is -2.49. The van der Waals surface area contributed by atoms with Crippen molar-refractivity contribution in [1.82, 2.24) is 0 Å². The Labute approximate surface area is 254 Å². The normalized spacial score (nSPS) is 15.9. The van der Waals surface area contributed by atoms with Crippen molar-refractivity contribution in [3.05, 3.63) is 25.3 Å². The molecule has 0 radical (unpaired) electrons. The molecule has 0 aliphatic carbocycles. The van der Waals surface area contributed by atoms with Crippen molar-refractivity contribution in [2.24, 2.45) is 0 Å². The zero-order chi connectivity index (χ0) is 40.5. The van der Waals surface area contributed by atoms with Crippen LogP contribution in [0.5, 0.6) is 0 Å². The van der Waals surface area contributed by atoms with Gasteiger partial charge in [0.1, 0.15) is 0 Å². The Hall–Kier alpha value is -3.04. The molecule has 0 bridgehead atoms. The maximum absolute atomic E-state index is 14.7. The summed E-state index contributed by atoms with van der Waals surface area (Å²) in [5.41, 5.74) is -16.7. The lowest BCUT2D eigenvalue weighted by molar-refractivity contribution is -0.450. The third-order valence-electron chi connectivity index (χ3n) is 6.25. The van der Waals surface area contributed by atoms with Gasteiger partial charge in [0.25, 0.3) is 0 Å². The van der Waals surface area contributed by atoms with Crippen LogP contribution < -0.4 is 0 Å². The van der Waals surface area contributed by atoms with Gasteiger partial charge in [-0.15, -0.1) is 0 Å². The molecule has 0 aliphatic rings. The first-order valence-electron chi connectivity index (χ1n) is 11.2. The van der Waals surface area contributed by atoms with Crippen LogP contribution in [0.1, 0.15) is 0 Å². The predicted octanol–water partition coefficient (Wildman–Crippen LogP) is 8.77. The fourth-order valence-electron chi connectivity index (χ4n) is 2.99. The minimum atomic E-state index is -8.98. The van der Waals surface area contributed by atoms with Crippen molar-refractivity contribution in [3.63, 3.8) is 0 Å². The summed E-state index contributed by atoms with van der Waals surface area (Å²) in [7, 11) is -8.94. The van der Waals surface area contributed by atoms with Gasteiger partial charge >= 0.3 is 82.6 Å². The first-order chi connectivity index (χ1) is 20.9. The molecule has 0 aromatic carbocycles. The van der Waals surface area contributed by atoms with Gasteiger partial charge in [-0.05, 0) is 0 Å². The van der Waals surface area contributed by atoms with Crippen molar-refractivity contribution in [2.45, 2.75) is 83.8 Å². The van der Waals surface area contributed by atoms with Crippen LogP contribution in [-0.2, 0) is 19.1 Å². The summed E-state index contributed by atoms with van der Waals surface area (Å²) in [6.45, 7) is 1.08. The number of carbonyl (C=O) groups is 2. The quantitative estimate of drug-likeness (QED) is 0.0679. The Bertz CT molecular complexity index is 1210. The van der Waals surface area contributed by atoms with Gasteiger partial charge in [-0.1, -0.05) is 26.3 Å². The van der Waals surface area contributed by atoms with Crippen LogP contribution in [0.3, 0.4) is 0 Å². The standard InChI is InChI=1S/C20H12F24O4Si/c1-5-7(45)47-17(37,38)13(29,30)9(21,22)11(25,26)15(33,34)19(41,42)49(3,4)20(43,44)16(35,36)12(27,28)10(23,24)14(31,32)18(39,40)48-8(46)6-2/h5-6H,1-2H2,3-4H3. The topological polar surface area (TPSA) is 52.6 Å². The number of ether oxygens (including phenoxy) is 2.